The fourth-order valence-corrected chi connectivity index (χ4v) is 4.72. The van der Waals surface area contributed by atoms with Crippen LogP contribution in [0.5, 0.6) is 0 Å². The maximum atomic E-state index is 14.3. The fourth-order valence-electron chi connectivity index (χ4n) is 3.72. The molecule has 0 saturated carbocycles. The molecule has 2 heterocycles. The number of halogens is 1. The zero-order chi connectivity index (χ0) is 22.2. The first kappa shape index (κ1) is 22.5. The van der Waals surface area contributed by atoms with Crippen LogP contribution < -0.4 is 0 Å². The minimum atomic E-state index is -1.36. The molecule has 2 atom stereocenters. The Morgan fingerprint density at radius 3 is 2.73 bits per heavy atom. The van der Waals surface area contributed by atoms with Crippen LogP contribution in [0.4, 0.5) is 4.39 Å². The minimum Gasteiger partial charge on any atom is -0.395 e. The molecule has 1 amide bonds. The lowest BCUT2D eigenvalue weighted by Crippen LogP contribution is -2.45. The molecule has 162 valence electrons. The first-order valence-corrected chi connectivity index (χ1v) is 10.9. The van der Waals surface area contributed by atoms with Crippen LogP contribution in [0.15, 0.2) is 24.3 Å². The number of carbonyl (C=O) groups excluding carboxylic acids is 1. The standard InChI is InChI=1S/C21H25FN2O5S/c1-12-7-14-16(11-30(28)6-5-25)15-9-24(20(27)13(2)10-26)21(3,29-4)19(15)23-18(14)8-17(12)22/h7-8,25-26H,2,5-6,9-11H2,1,3-4H3. The summed E-state index contributed by atoms with van der Waals surface area (Å²) in [5.41, 5.74) is 1.30. The predicted molar refractivity (Wildman–Crippen MR) is 111 cm³/mol. The molecule has 2 aromatic rings. The van der Waals surface area contributed by atoms with Crippen LogP contribution >= 0.6 is 0 Å². The van der Waals surface area contributed by atoms with E-state index in [-0.39, 0.29) is 30.2 Å². The number of ether oxygens (including phenoxy) is 1. The number of pyridine rings is 1. The summed E-state index contributed by atoms with van der Waals surface area (Å²) in [5.74, 6) is -0.690. The molecule has 30 heavy (non-hydrogen) atoms. The van der Waals surface area contributed by atoms with Crippen molar-refractivity contribution in [3.8, 4) is 0 Å². The lowest BCUT2D eigenvalue weighted by molar-refractivity contribution is -0.161. The van der Waals surface area contributed by atoms with E-state index in [1.807, 2.05) is 0 Å². The minimum absolute atomic E-state index is 0.00271. The Hall–Kier alpha value is -2.20. The van der Waals surface area contributed by atoms with Gasteiger partial charge in [0.15, 0.2) is 5.72 Å². The number of hydrogen-bond donors (Lipinski definition) is 2. The normalized spacial score (nSPS) is 19.2. The van der Waals surface area contributed by atoms with E-state index in [9.17, 15) is 18.5 Å². The van der Waals surface area contributed by atoms with Crippen LogP contribution in [-0.4, -0.2) is 56.3 Å². The van der Waals surface area contributed by atoms with E-state index in [0.29, 0.717) is 33.3 Å². The zero-order valence-corrected chi connectivity index (χ0v) is 18.0. The Balaban J connectivity index is 2.27. The first-order chi connectivity index (χ1) is 14.2. The number of aromatic nitrogens is 1. The molecule has 0 spiro atoms. The van der Waals surface area contributed by atoms with Crippen molar-refractivity contribution in [3.63, 3.8) is 0 Å². The van der Waals surface area contributed by atoms with E-state index in [1.54, 1.807) is 19.9 Å². The van der Waals surface area contributed by atoms with Gasteiger partial charge in [-0.3, -0.25) is 9.00 Å². The lowest BCUT2D eigenvalue weighted by atomic mass is 9.99. The topological polar surface area (TPSA) is 100.0 Å². The van der Waals surface area contributed by atoms with Crippen LogP contribution in [0, 0.1) is 12.7 Å². The molecular weight excluding hydrogens is 411 g/mol. The Labute approximate surface area is 176 Å². The summed E-state index contributed by atoms with van der Waals surface area (Å²) in [6.07, 6.45) is 0. The molecule has 0 bridgehead atoms. The van der Waals surface area contributed by atoms with E-state index >= 15 is 0 Å². The van der Waals surface area contributed by atoms with Crippen LogP contribution in [0.25, 0.3) is 10.9 Å². The molecule has 0 radical (unpaired) electrons. The number of hydrogen-bond acceptors (Lipinski definition) is 6. The molecule has 2 unspecified atom stereocenters. The highest BCUT2D eigenvalue weighted by atomic mass is 32.2. The van der Waals surface area contributed by atoms with Gasteiger partial charge in [-0.25, -0.2) is 9.37 Å². The molecule has 2 N–H and O–H groups in total. The van der Waals surface area contributed by atoms with Gasteiger partial charge in [-0.2, -0.15) is 0 Å². The maximum Gasteiger partial charge on any atom is 0.254 e. The van der Waals surface area contributed by atoms with E-state index in [0.717, 1.165) is 0 Å². The summed E-state index contributed by atoms with van der Waals surface area (Å²) >= 11 is 0. The summed E-state index contributed by atoms with van der Waals surface area (Å²) in [6, 6.07) is 2.97. The Morgan fingerprint density at radius 2 is 2.13 bits per heavy atom. The quantitative estimate of drug-likeness (QED) is 0.640. The van der Waals surface area contributed by atoms with Gasteiger partial charge in [-0.1, -0.05) is 6.58 Å². The molecule has 1 aliphatic heterocycles. The number of amides is 1. The van der Waals surface area contributed by atoms with Gasteiger partial charge in [-0.05, 0) is 31.0 Å². The first-order valence-electron chi connectivity index (χ1n) is 9.41. The van der Waals surface area contributed by atoms with Crippen molar-refractivity contribution in [2.24, 2.45) is 0 Å². The number of benzene rings is 1. The molecule has 1 aliphatic rings. The largest absolute Gasteiger partial charge is 0.395 e. The highest BCUT2D eigenvalue weighted by Gasteiger charge is 2.47. The predicted octanol–water partition coefficient (Wildman–Crippen LogP) is 1.63. The average molecular weight is 437 g/mol. The van der Waals surface area contributed by atoms with E-state index in [2.05, 4.69) is 11.6 Å². The second-order valence-corrected chi connectivity index (χ2v) is 8.96. The third-order valence-corrected chi connectivity index (χ3v) is 6.76. The number of methoxy groups -OCH3 is 1. The Bertz CT molecular complexity index is 1060. The molecular formula is C21H25FN2O5S. The van der Waals surface area contributed by atoms with Crippen molar-refractivity contribution in [2.75, 3.05) is 26.1 Å². The van der Waals surface area contributed by atoms with Gasteiger partial charge in [0, 0.05) is 52.0 Å². The maximum absolute atomic E-state index is 14.3. The summed E-state index contributed by atoms with van der Waals surface area (Å²) in [6.45, 7) is 6.30. The fraction of sp³-hybridized carbons (Fsp3) is 0.429. The van der Waals surface area contributed by atoms with E-state index in [1.165, 1.54) is 18.1 Å². The van der Waals surface area contributed by atoms with Crippen LogP contribution in [0.2, 0.25) is 0 Å². The van der Waals surface area contributed by atoms with Crippen molar-refractivity contribution in [1.29, 1.82) is 0 Å². The highest BCUT2D eigenvalue weighted by molar-refractivity contribution is 7.84. The highest BCUT2D eigenvalue weighted by Crippen LogP contribution is 2.43. The number of rotatable bonds is 7. The van der Waals surface area contributed by atoms with Crippen molar-refractivity contribution in [1.82, 2.24) is 9.88 Å². The lowest BCUT2D eigenvalue weighted by Gasteiger charge is -2.34. The summed E-state index contributed by atoms with van der Waals surface area (Å²) < 4.78 is 32.5. The van der Waals surface area contributed by atoms with Crippen molar-refractivity contribution < 1.29 is 28.3 Å². The molecule has 1 aromatic carbocycles. The van der Waals surface area contributed by atoms with Gasteiger partial charge in [0.25, 0.3) is 5.91 Å². The van der Waals surface area contributed by atoms with E-state index in [4.69, 9.17) is 9.84 Å². The smallest absolute Gasteiger partial charge is 0.254 e. The summed E-state index contributed by atoms with van der Waals surface area (Å²) in [4.78, 5) is 18.9. The van der Waals surface area contributed by atoms with Crippen molar-refractivity contribution in [3.05, 3.63) is 52.5 Å². The molecule has 0 aliphatic carbocycles. The second-order valence-electron chi connectivity index (χ2n) is 7.39. The SMILES string of the molecule is C=C(CO)C(=O)N1Cc2c(nc3cc(F)c(C)cc3c2CS(=O)CCO)C1(C)OC. The van der Waals surface area contributed by atoms with Gasteiger partial charge < -0.3 is 19.8 Å². The molecule has 0 saturated heterocycles. The van der Waals surface area contributed by atoms with Crippen LogP contribution in [0.3, 0.4) is 0 Å². The Kier molecular flexibility index (Phi) is 6.37. The number of fused-ring (bicyclic) bond motifs is 2. The number of aryl methyl sites for hydroxylation is 1. The van der Waals surface area contributed by atoms with Crippen molar-refractivity contribution >= 4 is 27.6 Å². The molecule has 7 nitrogen and oxygen atoms in total. The Morgan fingerprint density at radius 1 is 1.43 bits per heavy atom. The van der Waals surface area contributed by atoms with Gasteiger partial charge in [0.2, 0.25) is 0 Å². The average Bonchev–Trinajstić information content (AvgIpc) is 3.01. The van der Waals surface area contributed by atoms with Gasteiger partial charge in [-0.15, -0.1) is 0 Å². The van der Waals surface area contributed by atoms with Crippen molar-refractivity contribution in [2.45, 2.75) is 31.9 Å². The third-order valence-electron chi connectivity index (χ3n) is 5.52. The third kappa shape index (κ3) is 3.66. The van der Waals surface area contributed by atoms with Gasteiger partial charge in [0.05, 0.1) is 31.0 Å². The molecule has 9 heteroatoms. The van der Waals surface area contributed by atoms with Crippen LogP contribution in [0.1, 0.15) is 29.3 Å². The van der Waals surface area contributed by atoms with Crippen LogP contribution in [-0.2, 0) is 38.4 Å². The monoisotopic (exact) mass is 436 g/mol. The number of aliphatic hydroxyl groups is 2. The number of nitrogens with zero attached hydrogens (tertiary/aromatic N) is 2. The zero-order valence-electron chi connectivity index (χ0n) is 17.2. The molecule has 0 fully saturated rings. The van der Waals surface area contributed by atoms with Gasteiger partial charge >= 0.3 is 0 Å². The number of carbonyl (C=O) groups is 1. The second kappa shape index (κ2) is 8.50. The van der Waals surface area contributed by atoms with Gasteiger partial charge in [0.1, 0.15) is 5.82 Å². The van der Waals surface area contributed by atoms with E-state index < -0.39 is 34.9 Å². The summed E-state index contributed by atoms with van der Waals surface area (Å²) in [7, 11) is 0.0690. The summed E-state index contributed by atoms with van der Waals surface area (Å²) in [5, 5.41) is 19.2. The molecule has 1 aromatic heterocycles. The molecule has 3 rings (SSSR count). The number of aliphatic hydroxyl groups excluding tert-OH is 2.